The van der Waals surface area contributed by atoms with Crippen molar-refractivity contribution in [1.82, 2.24) is 0 Å². The summed E-state index contributed by atoms with van der Waals surface area (Å²) in [7, 11) is -3.76. The second-order valence-electron chi connectivity index (χ2n) is 4.58. The minimum atomic E-state index is -3.76. The minimum absolute atomic E-state index is 0.0906. The van der Waals surface area contributed by atoms with Crippen molar-refractivity contribution < 1.29 is 12.8 Å². The summed E-state index contributed by atoms with van der Waals surface area (Å²) >= 11 is 0. The Balaban J connectivity index is 2.40. The molecule has 2 rings (SSSR count). The lowest BCUT2D eigenvalue weighted by Crippen LogP contribution is -2.14. The molecule has 0 bridgehead atoms. The molecule has 0 aliphatic heterocycles. The van der Waals surface area contributed by atoms with Gasteiger partial charge in [-0.25, -0.2) is 12.8 Å². The Hall–Kier alpha value is -2.08. The minimum Gasteiger partial charge on any atom is -0.399 e. The van der Waals surface area contributed by atoms with Crippen molar-refractivity contribution in [3.63, 3.8) is 0 Å². The molecule has 0 aliphatic carbocycles. The molecular weight excluding hydrogens is 279 g/mol. The van der Waals surface area contributed by atoms with Crippen LogP contribution in [0.5, 0.6) is 0 Å². The molecule has 4 nitrogen and oxygen atoms in total. The third-order valence-electron chi connectivity index (χ3n) is 3.00. The van der Waals surface area contributed by atoms with E-state index in [-0.39, 0.29) is 10.6 Å². The van der Waals surface area contributed by atoms with Gasteiger partial charge in [-0.15, -0.1) is 0 Å². The molecule has 0 heterocycles. The summed E-state index contributed by atoms with van der Waals surface area (Å²) in [6.45, 7) is 3.42. The number of aryl methyl sites for hydroxylation is 2. The van der Waals surface area contributed by atoms with Crippen LogP contribution < -0.4 is 10.5 Å². The average molecular weight is 294 g/mol. The van der Waals surface area contributed by atoms with Crippen LogP contribution in [0.25, 0.3) is 0 Å². The lowest BCUT2D eigenvalue weighted by molar-refractivity contribution is 0.601. The average Bonchev–Trinajstić information content (AvgIpc) is 2.36. The maximum absolute atomic E-state index is 13.2. The third-order valence-corrected chi connectivity index (χ3v) is 4.36. The molecule has 0 unspecified atom stereocenters. The topological polar surface area (TPSA) is 72.2 Å². The number of nitrogens with two attached hydrogens (primary N) is 1. The molecule has 0 aromatic heterocycles. The van der Waals surface area contributed by atoms with E-state index >= 15 is 0 Å². The molecule has 3 N–H and O–H groups in total. The smallest absolute Gasteiger partial charge is 0.261 e. The van der Waals surface area contributed by atoms with Gasteiger partial charge in [0.25, 0.3) is 10.0 Å². The number of rotatable bonds is 3. The van der Waals surface area contributed by atoms with Crippen LogP contribution in [0.2, 0.25) is 0 Å². The zero-order valence-electron chi connectivity index (χ0n) is 11.1. The first-order valence-electron chi connectivity index (χ1n) is 5.95. The van der Waals surface area contributed by atoms with Gasteiger partial charge in [0.05, 0.1) is 10.6 Å². The molecule has 20 heavy (non-hydrogen) atoms. The maximum atomic E-state index is 13.2. The largest absolute Gasteiger partial charge is 0.399 e. The molecule has 0 saturated heterocycles. The number of hydrogen-bond acceptors (Lipinski definition) is 3. The summed E-state index contributed by atoms with van der Waals surface area (Å²) in [5.74, 6) is -0.498. The van der Waals surface area contributed by atoms with E-state index in [1.165, 1.54) is 30.3 Å². The summed E-state index contributed by atoms with van der Waals surface area (Å²) in [4.78, 5) is 0.0906. The predicted octanol–water partition coefficient (Wildman–Crippen LogP) is 2.83. The summed E-state index contributed by atoms with van der Waals surface area (Å²) in [6, 6.07) is 8.37. The molecule has 0 amide bonds. The van der Waals surface area contributed by atoms with Crippen LogP contribution >= 0.6 is 0 Å². The fourth-order valence-corrected chi connectivity index (χ4v) is 2.93. The monoisotopic (exact) mass is 294 g/mol. The second-order valence-corrected chi connectivity index (χ2v) is 6.27. The van der Waals surface area contributed by atoms with Gasteiger partial charge in [-0.3, -0.25) is 4.72 Å². The Labute approximate surface area is 117 Å². The Bertz CT molecular complexity index is 758. The predicted molar refractivity (Wildman–Crippen MR) is 77.5 cm³/mol. The van der Waals surface area contributed by atoms with Gasteiger partial charge in [0.15, 0.2) is 0 Å². The first-order chi connectivity index (χ1) is 9.29. The van der Waals surface area contributed by atoms with Gasteiger partial charge in [0.2, 0.25) is 0 Å². The first-order valence-corrected chi connectivity index (χ1v) is 7.43. The number of nitrogen functional groups attached to an aromatic ring is 1. The van der Waals surface area contributed by atoms with E-state index in [1.807, 2.05) is 0 Å². The molecule has 2 aromatic rings. The highest BCUT2D eigenvalue weighted by molar-refractivity contribution is 7.92. The number of halogens is 1. The van der Waals surface area contributed by atoms with Crippen LogP contribution in [-0.2, 0) is 10.0 Å². The van der Waals surface area contributed by atoms with Crippen LogP contribution in [0.3, 0.4) is 0 Å². The van der Waals surface area contributed by atoms with Crippen molar-refractivity contribution in [3.05, 3.63) is 53.3 Å². The van der Waals surface area contributed by atoms with E-state index in [0.29, 0.717) is 16.8 Å². The fraction of sp³-hybridized carbons (Fsp3) is 0.143. The first kappa shape index (κ1) is 14.3. The van der Waals surface area contributed by atoms with Gasteiger partial charge in [0.1, 0.15) is 5.82 Å². The number of anilines is 2. The molecule has 0 saturated carbocycles. The summed E-state index contributed by atoms with van der Waals surface area (Å²) in [5, 5.41) is 0. The highest BCUT2D eigenvalue weighted by atomic mass is 32.2. The number of nitrogens with one attached hydrogen (secondary N) is 1. The van der Waals surface area contributed by atoms with Gasteiger partial charge >= 0.3 is 0 Å². The molecule has 0 spiro atoms. The molecule has 0 fully saturated rings. The van der Waals surface area contributed by atoms with E-state index in [1.54, 1.807) is 13.8 Å². The third kappa shape index (κ3) is 2.91. The lowest BCUT2D eigenvalue weighted by atomic mass is 10.2. The zero-order valence-corrected chi connectivity index (χ0v) is 12.0. The molecule has 0 atom stereocenters. The van der Waals surface area contributed by atoms with Gasteiger partial charge in [-0.05, 0) is 55.3 Å². The van der Waals surface area contributed by atoms with Crippen LogP contribution in [-0.4, -0.2) is 8.42 Å². The van der Waals surface area contributed by atoms with Crippen molar-refractivity contribution in [1.29, 1.82) is 0 Å². The Morgan fingerprint density at radius 3 is 2.40 bits per heavy atom. The SMILES string of the molecule is Cc1cc(S(=O)(=O)Nc2cc(F)ccc2C)ccc1N. The zero-order chi connectivity index (χ0) is 14.9. The molecule has 6 heteroatoms. The highest BCUT2D eigenvalue weighted by Gasteiger charge is 2.16. The van der Waals surface area contributed by atoms with Crippen LogP contribution in [0.15, 0.2) is 41.3 Å². The van der Waals surface area contributed by atoms with Crippen molar-refractivity contribution in [2.45, 2.75) is 18.7 Å². The summed E-state index contributed by atoms with van der Waals surface area (Å²) < 4.78 is 40.1. The quantitative estimate of drug-likeness (QED) is 0.855. The fourth-order valence-electron chi connectivity index (χ4n) is 1.72. The van der Waals surface area contributed by atoms with Gasteiger partial charge in [0, 0.05) is 5.69 Å². The Kier molecular flexibility index (Phi) is 3.67. The van der Waals surface area contributed by atoms with Crippen molar-refractivity contribution >= 4 is 21.4 Å². The highest BCUT2D eigenvalue weighted by Crippen LogP contribution is 2.22. The standard InChI is InChI=1S/C14H15FN2O2S/c1-9-3-4-11(15)8-14(9)17-20(18,19)12-5-6-13(16)10(2)7-12/h3-8,17H,16H2,1-2H3. The summed E-state index contributed by atoms with van der Waals surface area (Å²) in [6.07, 6.45) is 0. The van der Waals surface area contributed by atoms with E-state index in [2.05, 4.69) is 4.72 Å². The summed E-state index contributed by atoms with van der Waals surface area (Å²) in [5.41, 5.74) is 7.72. The van der Waals surface area contributed by atoms with Gasteiger partial charge in [-0.1, -0.05) is 6.07 Å². The van der Waals surface area contributed by atoms with E-state index in [0.717, 1.165) is 6.07 Å². The maximum Gasteiger partial charge on any atom is 0.261 e. The van der Waals surface area contributed by atoms with Crippen LogP contribution in [0, 0.1) is 19.7 Å². The Morgan fingerprint density at radius 2 is 1.75 bits per heavy atom. The number of benzene rings is 2. The number of sulfonamides is 1. The second kappa shape index (κ2) is 5.13. The van der Waals surface area contributed by atoms with Crippen molar-refractivity contribution in [2.75, 3.05) is 10.5 Å². The van der Waals surface area contributed by atoms with E-state index in [4.69, 9.17) is 5.73 Å². The van der Waals surface area contributed by atoms with Gasteiger partial charge < -0.3 is 5.73 Å². The van der Waals surface area contributed by atoms with Crippen LogP contribution in [0.1, 0.15) is 11.1 Å². The van der Waals surface area contributed by atoms with E-state index < -0.39 is 15.8 Å². The lowest BCUT2D eigenvalue weighted by Gasteiger charge is -2.11. The molecular formula is C14H15FN2O2S. The molecule has 2 aromatic carbocycles. The Morgan fingerprint density at radius 1 is 1.05 bits per heavy atom. The number of hydrogen-bond donors (Lipinski definition) is 2. The van der Waals surface area contributed by atoms with Crippen molar-refractivity contribution in [2.24, 2.45) is 0 Å². The van der Waals surface area contributed by atoms with E-state index in [9.17, 15) is 12.8 Å². The van der Waals surface area contributed by atoms with Gasteiger partial charge in [-0.2, -0.15) is 0 Å². The molecule has 0 aliphatic rings. The van der Waals surface area contributed by atoms with Crippen LogP contribution in [0.4, 0.5) is 15.8 Å². The normalized spacial score (nSPS) is 11.3. The molecule has 0 radical (unpaired) electrons. The van der Waals surface area contributed by atoms with Crippen molar-refractivity contribution in [3.8, 4) is 0 Å². The molecule has 106 valence electrons.